The van der Waals surface area contributed by atoms with Crippen molar-refractivity contribution >= 4 is 34.3 Å². The Morgan fingerprint density at radius 3 is 2.78 bits per heavy atom. The van der Waals surface area contributed by atoms with Crippen LogP contribution in [0.5, 0.6) is 5.75 Å². The fourth-order valence-corrected chi connectivity index (χ4v) is 4.04. The number of hydrogen-bond donors (Lipinski definition) is 1. The molecule has 3 aromatic rings. The van der Waals surface area contributed by atoms with Crippen molar-refractivity contribution < 1.29 is 28.6 Å². The van der Waals surface area contributed by atoms with Gasteiger partial charge in [0.1, 0.15) is 6.04 Å². The molecule has 9 heteroatoms. The second-order valence-corrected chi connectivity index (χ2v) is 7.67. The average molecular weight is 457 g/mol. The van der Waals surface area contributed by atoms with Crippen LogP contribution in [0, 0.1) is 0 Å². The van der Waals surface area contributed by atoms with Crippen molar-refractivity contribution in [3.8, 4) is 5.75 Å². The molecular weight excluding hydrogens is 436 g/mol. The van der Waals surface area contributed by atoms with E-state index in [1.807, 2.05) is 0 Å². The molecule has 1 unspecified atom stereocenters. The van der Waals surface area contributed by atoms with Crippen LogP contribution >= 0.6 is 11.6 Å². The molecule has 0 spiro atoms. The van der Waals surface area contributed by atoms with Gasteiger partial charge in [0, 0.05) is 42.9 Å². The number of furan rings is 1. The standard InChI is InChI=1S/C23H21ClN2O6/c1-30-9-5-8-26-19(15-6-3-4-7-25-15)18(21(28)23(26)29)20(27)16-11-13-10-14(24)12-17(31-2)22(13)32-16/h3-4,6-7,10-12,19,28H,5,8-9H2,1-2H3. The number of pyridine rings is 1. The zero-order chi connectivity index (χ0) is 22.8. The Morgan fingerprint density at radius 2 is 2.09 bits per heavy atom. The Labute approximate surface area is 189 Å². The summed E-state index contributed by atoms with van der Waals surface area (Å²) in [5.74, 6) is -1.55. The number of carbonyl (C=O) groups excluding carboxylic acids is 2. The molecular formula is C23H21ClN2O6. The Kier molecular flexibility index (Phi) is 6.16. The number of rotatable bonds is 8. The van der Waals surface area contributed by atoms with Gasteiger partial charge < -0.3 is 23.9 Å². The number of ketones is 1. The van der Waals surface area contributed by atoms with Crippen LogP contribution in [0.25, 0.3) is 11.0 Å². The maximum Gasteiger partial charge on any atom is 0.290 e. The minimum absolute atomic E-state index is 0.0467. The van der Waals surface area contributed by atoms with E-state index >= 15 is 0 Å². The molecule has 0 bridgehead atoms. The molecule has 4 rings (SSSR count). The quantitative estimate of drug-likeness (QED) is 0.402. The Hall–Kier alpha value is -3.36. The monoisotopic (exact) mass is 456 g/mol. The van der Waals surface area contributed by atoms with Crippen LogP contribution < -0.4 is 4.74 Å². The van der Waals surface area contributed by atoms with Gasteiger partial charge in [-0.15, -0.1) is 0 Å². The predicted octanol–water partition coefficient (Wildman–Crippen LogP) is 4.10. The number of halogens is 1. The van der Waals surface area contributed by atoms with E-state index in [1.54, 1.807) is 43.6 Å². The molecule has 1 atom stereocenters. The van der Waals surface area contributed by atoms with E-state index in [1.165, 1.54) is 18.1 Å². The number of fused-ring (bicyclic) bond motifs is 1. The van der Waals surface area contributed by atoms with Crippen LogP contribution in [0.2, 0.25) is 5.02 Å². The fraction of sp³-hybridized carbons (Fsp3) is 0.261. The first kappa shape index (κ1) is 21.9. The first-order chi connectivity index (χ1) is 15.5. The molecule has 8 nitrogen and oxygen atoms in total. The summed E-state index contributed by atoms with van der Waals surface area (Å²) in [6.07, 6.45) is 2.10. The number of aliphatic hydroxyl groups excluding tert-OH is 1. The molecule has 32 heavy (non-hydrogen) atoms. The lowest BCUT2D eigenvalue weighted by molar-refractivity contribution is -0.129. The number of aromatic nitrogens is 1. The van der Waals surface area contributed by atoms with Crippen LogP contribution in [0.3, 0.4) is 0 Å². The van der Waals surface area contributed by atoms with Crippen molar-refractivity contribution in [3.05, 3.63) is 70.4 Å². The highest BCUT2D eigenvalue weighted by molar-refractivity contribution is 6.31. The number of methoxy groups -OCH3 is 2. The van der Waals surface area contributed by atoms with E-state index in [4.69, 9.17) is 25.5 Å². The van der Waals surface area contributed by atoms with Crippen molar-refractivity contribution in [2.24, 2.45) is 0 Å². The third kappa shape index (κ3) is 3.83. The molecule has 0 saturated carbocycles. The topological polar surface area (TPSA) is 102 Å². The van der Waals surface area contributed by atoms with Crippen molar-refractivity contribution in [1.29, 1.82) is 0 Å². The second kappa shape index (κ2) is 9.02. The maximum atomic E-state index is 13.5. The lowest BCUT2D eigenvalue weighted by Crippen LogP contribution is -2.33. The van der Waals surface area contributed by atoms with Crippen molar-refractivity contribution in [2.45, 2.75) is 12.5 Å². The number of benzene rings is 1. The smallest absolute Gasteiger partial charge is 0.290 e. The van der Waals surface area contributed by atoms with Gasteiger partial charge in [-0.1, -0.05) is 17.7 Å². The number of ether oxygens (including phenoxy) is 2. The van der Waals surface area contributed by atoms with E-state index in [0.29, 0.717) is 40.5 Å². The molecule has 1 aliphatic heterocycles. The fourth-order valence-electron chi connectivity index (χ4n) is 3.82. The number of nitrogens with zero attached hydrogens (tertiary/aromatic N) is 2. The molecule has 0 aliphatic carbocycles. The van der Waals surface area contributed by atoms with Gasteiger partial charge >= 0.3 is 0 Å². The minimum atomic E-state index is -0.855. The van der Waals surface area contributed by atoms with Crippen LogP contribution in [-0.4, -0.2) is 54.1 Å². The van der Waals surface area contributed by atoms with Crippen LogP contribution in [0.1, 0.15) is 28.7 Å². The first-order valence-corrected chi connectivity index (χ1v) is 10.3. The highest BCUT2D eigenvalue weighted by Gasteiger charge is 2.45. The number of hydrogen-bond acceptors (Lipinski definition) is 7. The molecule has 1 N–H and O–H groups in total. The van der Waals surface area contributed by atoms with Crippen LogP contribution in [-0.2, 0) is 9.53 Å². The minimum Gasteiger partial charge on any atom is -0.503 e. The molecule has 1 aliphatic rings. The predicted molar refractivity (Wildman–Crippen MR) is 117 cm³/mol. The van der Waals surface area contributed by atoms with E-state index in [-0.39, 0.29) is 17.9 Å². The molecule has 0 fully saturated rings. The van der Waals surface area contributed by atoms with Crippen molar-refractivity contribution in [2.75, 3.05) is 27.4 Å². The number of carbonyl (C=O) groups is 2. The molecule has 0 radical (unpaired) electrons. The summed E-state index contributed by atoms with van der Waals surface area (Å²) in [5.41, 5.74) is 0.716. The molecule has 0 saturated heterocycles. The summed E-state index contributed by atoms with van der Waals surface area (Å²) in [6.45, 7) is 0.700. The van der Waals surface area contributed by atoms with Gasteiger partial charge in [0.2, 0.25) is 5.78 Å². The lowest BCUT2D eigenvalue weighted by Gasteiger charge is -2.25. The SMILES string of the molecule is COCCCN1C(=O)C(O)=C(C(=O)c2cc3cc(Cl)cc(OC)c3o2)C1c1ccccn1. The largest absolute Gasteiger partial charge is 0.503 e. The summed E-state index contributed by atoms with van der Waals surface area (Å²) >= 11 is 6.12. The summed E-state index contributed by atoms with van der Waals surface area (Å²) in [7, 11) is 3.03. The summed E-state index contributed by atoms with van der Waals surface area (Å²) in [5, 5.41) is 11.7. The van der Waals surface area contributed by atoms with E-state index in [2.05, 4.69) is 4.98 Å². The highest BCUT2D eigenvalue weighted by Crippen LogP contribution is 2.40. The molecule has 3 heterocycles. The number of aliphatic hydroxyl groups is 1. The zero-order valence-corrected chi connectivity index (χ0v) is 18.3. The van der Waals surface area contributed by atoms with Gasteiger partial charge in [-0.2, -0.15) is 0 Å². The van der Waals surface area contributed by atoms with E-state index < -0.39 is 23.5 Å². The number of amides is 1. The van der Waals surface area contributed by atoms with Crippen molar-refractivity contribution in [1.82, 2.24) is 9.88 Å². The van der Waals surface area contributed by atoms with Gasteiger partial charge in [0.15, 0.2) is 22.9 Å². The molecule has 1 amide bonds. The third-order valence-corrected chi connectivity index (χ3v) is 5.47. The van der Waals surface area contributed by atoms with Crippen LogP contribution in [0.4, 0.5) is 0 Å². The van der Waals surface area contributed by atoms with Crippen molar-refractivity contribution in [3.63, 3.8) is 0 Å². The van der Waals surface area contributed by atoms with E-state index in [9.17, 15) is 14.7 Å². The second-order valence-electron chi connectivity index (χ2n) is 7.23. The van der Waals surface area contributed by atoms with Gasteiger partial charge in [0.25, 0.3) is 5.91 Å². The summed E-state index contributed by atoms with van der Waals surface area (Å²) < 4.78 is 16.1. The normalized spacial score (nSPS) is 16.3. The Morgan fingerprint density at radius 1 is 1.28 bits per heavy atom. The molecule has 1 aromatic carbocycles. The average Bonchev–Trinajstić information content (AvgIpc) is 3.33. The zero-order valence-electron chi connectivity index (χ0n) is 17.5. The maximum absolute atomic E-state index is 13.5. The van der Waals surface area contributed by atoms with Gasteiger partial charge in [-0.3, -0.25) is 14.6 Å². The van der Waals surface area contributed by atoms with Gasteiger partial charge in [0.05, 0.1) is 18.4 Å². The summed E-state index contributed by atoms with van der Waals surface area (Å²) in [6, 6.07) is 9.06. The van der Waals surface area contributed by atoms with Crippen LogP contribution in [0.15, 0.2) is 58.3 Å². The summed E-state index contributed by atoms with van der Waals surface area (Å²) in [4.78, 5) is 32.1. The van der Waals surface area contributed by atoms with Gasteiger partial charge in [-0.05, 0) is 30.7 Å². The Bertz CT molecular complexity index is 1200. The third-order valence-electron chi connectivity index (χ3n) is 5.25. The molecule has 2 aromatic heterocycles. The van der Waals surface area contributed by atoms with E-state index in [0.717, 1.165) is 0 Å². The number of Topliss-reactive ketones (excluding diaryl/α,β-unsaturated/α-hetero) is 1. The Balaban J connectivity index is 1.78. The molecule has 166 valence electrons. The first-order valence-electron chi connectivity index (χ1n) is 9.92. The lowest BCUT2D eigenvalue weighted by atomic mass is 9.98. The highest BCUT2D eigenvalue weighted by atomic mass is 35.5. The van der Waals surface area contributed by atoms with Gasteiger partial charge in [-0.25, -0.2) is 0 Å².